The molecule has 0 aromatic heterocycles. The second-order valence-electron chi connectivity index (χ2n) is 6.67. The van der Waals surface area contributed by atoms with E-state index in [1.807, 2.05) is 0 Å². The highest BCUT2D eigenvalue weighted by atomic mass is 32.2. The van der Waals surface area contributed by atoms with Gasteiger partial charge >= 0.3 is 0 Å². The number of fused-ring (bicyclic) bond motifs is 1. The molecule has 1 amide bonds. The van der Waals surface area contributed by atoms with Crippen molar-refractivity contribution < 1.29 is 40.8 Å². The summed E-state index contributed by atoms with van der Waals surface area (Å²) in [6.45, 7) is 1.50. The van der Waals surface area contributed by atoms with E-state index < -0.39 is 46.6 Å². The van der Waals surface area contributed by atoms with E-state index >= 15 is 0 Å². The largest absolute Gasteiger partial charge is 0.507 e. The van der Waals surface area contributed by atoms with Crippen LogP contribution in [0.5, 0.6) is 5.75 Å². The van der Waals surface area contributed by atoms with Gasteiger partial charge in [-0.05, 0) is 36.1 Å². The highest BCUT2D eigenvalue weighted by molar-refractivity contribution is 7.86. The van der Waals surface area contributed by atoms with Gasteiger partial charge in [-0.3, -0.25) is 24.0 Å². The zero-order chi connectivity index (χ0) is 24.0. The summed E-state index contributed by atoms with van der Waals surface area (Å²) in [6.07, 6.45) is 0. The van der Waals surface area contributed by atoms with Crippen LogP contribution in [0.2, 0.25) is 0 Å². The molecule has 14 heteroatoms. The number of anilines is 1. The number of hydrogen-bond donors (Lipinski definition) is 4. The molecule has 3 rings (SSSR count). The van der Waals surface area contributed by atoms with Gasteiger partial charge in [-0.1, -0.05) is 6.07 Å². The SMILES string of the molecule is Cc1ccc([N+](=O)[O-])cc1C(=O)Nc1cc(S(=O)(=O)O)cc2cc(S(=O)(=O)O)cc(O)c12. The number of non-ortho nitro benzene ring substituents is 1. The molecule has 0 saturated heterocycles. The number of rotatable bonds is 5. The van der Waals surface area contributed by atoms with Crippen molar-refractivity contribution in [2.75, 3.05) is 5.32 Å². The van der Waals surface area contributed by atoms with E-state index in [1.54, 1.807) is 0 Å². The van der Waals surface area contributed by atoms with Crippen molar-refractivity contribution in [3.8, 4) is 5.75 Å². The average molecular weight is 482 g/mol. The van der Waals surface area contributed by atoms with E-state index in [1.165, 1.54) is 19.1 Å². The lowest BCUT2D eigenvalue weighted by atomic mass is 10.1. The van der Waals surface area contributed by atoms with Crippen molar-refractivity contribution in [3.63, 3.8) is 0 Å². The molecule has 0 radical (unpaired) electrons. The molecule has 3 aromatic rings. The molecule has 0 heterocycles. The first-order chi connectivity index (χ1) is 14.7. The predicted octanol–water partition coefficient (Wildman–Crippen LogP) is 2.51. The topological polar surface area (TPSA) is 201 Å². The van der Waals surface area contributed by atoms with Crippen LogP contribution in [-0.4, -0.2) is 41.9 Å². The Balaban J connectivity index is 2.25. The standard InChI is InChI=1S/C18H14N2O10S2/c1-9-2-3-11(20(23)24)6-14(9)18(22)19-15-7-12(31(25,26)27)4-10-5-13(32(28,29)30)8-16(21)17(10)15/h2-8,21H,1H3,(H,19,22)(H,25,26,27)(H,28,29,30). The number of nitrogens with zero attached hydrogens (tertiary/aromatic N) is 1. The van der Waals surface area contributed by atoms with Crippen molar-refractivity contribution >= 4 is 48.3 Å². The molecule has 0 fully saturated rings. The summed E-state index contributed by atoms with van der Waals surface area (Å²) in [7, 11) is -9.62. The number of nitro groups is 1. The monoisotopic (exact) mass is 482 g/mol. The molecular weight excluding hydrogens is 468 g/mol. The molecule has 168 valence electrons. The zero-order valence-corrected chi connectivity index (χ0v) is 17.6. The number of hydrogen-bond acceptors (Lipinski definition) is 8. The van der Waals surface area contributed by atoms with Gasteiger partial charge < -0.3 is 10.4 Å². The van der Waals surface area contributed by atoms with Crippen LogP contribution in [0.4, 0.5) is 11.4 Å². The minimum Gasteiger partial charge on any atom is -0.507 e. The first-order valence-corrected chi connectivity index (χ1v) is 11.4. The van der Waals surface area contributed by atoms with Crippen molar-refractivity contribution in [2.24, 2.45) is 0 Å². The molecule has 4 N–H and O–H groups in total. The summed E-state index contributed by atoms with van der Waals surface area (Å²) in [5, 5.41) is 23.2. The van der Waals surface area contributed by atoms with Crippen LogP contribution in [0.25, 0.3) is 10.8 Å². The van der Waals surface area contributed by atoms with Gasteiger partial charge in [-0.15, -0.1) is 0 Å². The molecule has 0 aliphatic heterocycles. The van der Waals surface area contributed by atoms with Crippen LogP contribution in [0.15, 0.2) is 52.3 Å². The number of aromatic hydroxyl groups is 1. The van der Waals surface area contributed by atoms with E-state index in [9.17, 15) is 46.0 Å². The third-order valence-electron chi connectivity index (χ3n) is 4.50. The third kappa shape index (κ3) is 4.52. The molecule has 12 nitrogen and oxygen atoms in total. The van der Waals surface area contributed by atoms with Gasteiger partial charge in [-0.2, -0.15) is 16.8 Å². The number of phenolic OH excluding ortho intramolecular Hbond substituents is 1. The third-order valence-corrected chi connectivity index (χ3v) is 6.16. The quantitative estimate of drug-likeness (QED) is 0.238. The molecule has 32 heavy (non-hydrogen) atoms. The Labute approximate surface area is 180 Å². The number of aryl methyl sites for hydroxylation is 1. The van der Waals surface area contributed by atoms with Gasteiger partial charge in [0.15, 0.2) is 0 Å². The summed E-state index contributed by atoms with van der Waals surface area (Å²) in [5.41, 5.74) is -0.497. The number of benzene rings is 3. The van der Waals surface area contributed by atoms with Crippen molar-refractivity contribution in [1.82, 2.24) is 0 Å². The number of amides is 1. The fourth-order valence-electron chi connectivity index (χ4n) is 2.99. The first kappa shape index (κ1) is 23.1. The highest BCUT2D eigenvalue weighted by Crippen LogP contribution is 2.37. The molecule has 0 bridgehead atoms. The number of nitro benzene ring substituents is 1. The average Bonchev–Trinajstić information content (AvgIpc) is 2.66. The van der Waals surface area contributed by atoms with Gasteiger partial charge in [0.05, 0.1) is 20.4 Å². The minimum atomic E-state index is -4.84. The maximum Gasteiger partial charge on any atom is 0.294 e. The van der Waals surface area contributed by atoms with Crippen LogP contribution in [0.1, 0.15) is 15.9 Å². The molecular formula is C18H14N2O10S2. The number of nitrogens with one attached hydrogen (secondary N) is 1. The fourth-order valence-corrected chi connectivity index (χ4v) is 4.07. The van der Waals surface area contributed by atoms with Crippen LogP contribution in [0.3, 0.4) is 0 Å². The highest BCUT2D eigenvalue weighted by Gasteiger charge is 2.22. The molecule has 0 aliphatic carbocycles. The molecule has 0 atom stereocenters. The molecule has 3 aromatic carbocycles. The van der Waals surface area contributed by atoms with Gasteiger partial charge in [0.2, 0.25) is 0 Å². The normalized spacial score (nSPS) is 12.0. The van der Waals surface area contributed by atoms with E-state index in [0.29, 0.717) is 11.6 Å². The summed E-state index contributed by atoms with van der Waals surface area (Å²) in [6, 6.07) is 6.66. The van der Waals surface area contributed by atoms with E-state index in [4.69, 9.17) is 0 Å². The molecule has 0 aliphatic rings. The Morgan fingerprint density at radius 2 is 1.53 bits per heavy atom. The summed E-state index contributed by atoms with van der Waals surface area (Å²) >= 11 is 0. The van der Waals surface area contributed by atoms with Crippen molar-refractivity contribution in [3.05, 3.63) is 63.7 Å². The van der Waals surface area contributed by atoms with Gasteiger partial charge in [0.25, 0.3) is 31.8 Å². The Morgan fingerprint density at radius 1 is 0.969 bits per heavy atom. The molecule has 0 saturated carbocycles. The maximum atomic E-state index is 12.8. The maximum absolute atomic E-state index is 12.8. The summed E-state index contributed by atoms with van der Waals surface area (Å²) in [4.78, 5) is 21.6. The van der Waals surface area contributed by atoms with Gasteiger partial charge in [0.1, 0.15) is 5.75 Å². The van der Waals surface area contributed by atoms with E-state index in [2.05, 4.69) is 5.32 Å². The van der Waals surface area contributed by atoms with Crippen LogP contribution in [0, 0.1) is 17.0 Å². The van der Waals surface area contributed by atoms with Gasteiger partial charge in [-0.25, -0.2) is 0 Å². The van der Waals surface area contributed by atoms with E-state index in [0.717, 1.165) is 24.3 Å². The Morgan fingerprint density at radius 3 is 2.06 bits per heavy atom. The Hall–Kier alpha value is -3.59. The smallest absolute Gasteiger partial charge is 0.294 e. The van der Waals surface area contributed by atoms with Crippen molar-refractivity contribution in [2.45, 2.75) is 16.7 Å². The minimum absolute atomic E-state index is 0.126. The molecule has 0 unspecified atom stereocenters. The zero-order valence-electron chi connectivity index (χ0n) is 16.0. The lowest BCUT2D eigenvalue weighted by Gasteiger charge is -2.14. The fraction of sp³-hybridized carbons (Fsp3) is 0.0556. The number of carbonyl (C=O) groups is 1. The molecule has 0 spiro atoms. The summed E-state index contributed by atoms with van der Waals surface area (Å²) < 4.78 is 64.8. The second-order valence-corrected chi connectivity index (χ2v) is 9.52. The van der Waals surface area contributed by atoms with Crippen LogP contribution in [-0.2, 0) is 20.2 Å². The summed E-state index contributed by atoms with van der Waals surface area (Å²) in [5.74, 6) is -1.64. The lowest BCUT2D eigenvalue weighted by molar-refractivity contribution is -0.384. The Kier molecular flexibility index (Phi) is 5.65. The first-order valence-electron chi connectivity index (χ1n) is 8.50. The number of phenols is 1. The predicted molar refractivity (Wildman–Crippen MR) is 111 cm³/mol. The lowest BCUT2D eigenvalue weighted by Crippen LogP contribution is -2.15. The van der Waals surface area contributed by atoms with Crippen molar-refractivity contribution in [1.29, 1.82) is 0 Å². The Bertz CT molecular complexity index is 1510. The second kappa shape index (κ2) is 7.83. The van der Waals surface area contributed by atoms with Crippen LogP contribution >= 0.6 is 0 Å². The number of carbonyl (C=O) groups excluding carboxylic acids is 1. The van der Waals surface area contributed by atoms with Crippen LogP contribution < -0.4 is 5.32 Å². The van der Waals surface area contributed by atoms with E-state index in [-0.39, 0.29) is 27.7 Å². The van der Waals surface area contributed by atoms with Gasteiger partial charge in [0, 0.05) is 29.1 Å².